The van der Waals surface area contributed by atoms with Crippen molar-refractivity contribution in [3.63, 3.8) is 0 Å². The first-order chi connectivity index (χ1) is 12.5. The number of rotatable bonds is 7. The number of nitrogens with zero attached hydrogens (tertiary/aromatic N) is 1. The molecule has 26 heavy (non-hydrogen) atoms. The van der Waals surface area contributed by atoms with Gasteiger partial charge >= 0.3 is 0 Å². The maximum absolute atomic E-state index is 12.0. The molecule has 8 heteroatoms. The van der Waals surface area contributed by atoms with Gasteiger partial charge in [0.15, 0.2) is 11.5 Å². The van der Waals surface area contributed by atoms with Crippen molar-refractivity contribution in [2.75, 3.05) is 13.2 Å². The van der Waals surface area contributed by atoms with Crippen molar-refractivity contribution in [1.82, 2.24) is 10.7 Å². The van der Waals surface area contributed by atoms with Crippen LogP contribution in [0, 0.1) is 0 Å². The van der Waals surface area contributed by atoms with E-state index in [0.29, 0.717) is 28.0 Å². The molecule has 0 spiro atoms. The van der Waals surface area contributed by atoms with Crippen LogP contribution in [0.5, 0.6) is 11.5 Å². The number of halogens is 1. The van der Waals surface area contributed by atoms with E-state index in [1.807, 2.05) is 6.92 Å². The summed E-state index contributed by atoms with van der Waals surface area (Å²) in [5.41, 5.74) is 3.11. The van der Waals surface area contributed by atoms with Gasteiger partial charge < -0.3 is 15.2 Å². The van der Waals surface area contributed by atoms with Gasteiger partial charge in [0.05, 0.1) is 24.9 Å². The zero-order valence-electron chi connectivity index (χ0n) is 14.0. The van der Waals surface area contributed by atoms with E-state index in [0.717, 1.165) is 0 Å². The number of para-hydroxylation sites is 1. The minimum Gasteiger partial charge on any atom is -0.504 e. The maximum Gasteiger partial charge on any atom is 0.259 e. The highest BCUT2D eigenvalue weighted by Gasteiger charge is 2.10. The standard InChI is InChI=1S/C18H18BrN3O4/c1-2-26-15-9-5-6-12(17(15)24)10-21-22-16(23)11-20-18(25)13-7-3-4-8-14(13)19/h3-10,24H,2,11H2,1H3,(H,20,25)(H,22,23). The molecule has 2 amide bonds. The number of aromatic hydroxyl groups is 1. The molecule has 2 aromatic rings. The molecule has 0 bridgehead atoms. The molecule has 0 atom stereocenters. The van der Waals surface area contributed by atoms with Crippen molar-refractivity contribution < 1.29 is 19.4 Å². The van der Waals surface area contributed by atoms with Gasteiger partial charge in [-0.25, -0.2) is 5.43 Å². The quantitative estimate of drug-likeness (QED) is 0.473. The molecule has 0 aliphatic carbocycles. The van der Waals surface area contributed by atoms with Crippen LogP contribution in [0.15, 0.2) is 52.0 Å². The molecule has 0 radical (unpaired) electrons. The monoisotopic (exact) mass is 419 g/mol. The normalized spacial score (nSPS) is 10.5. The third-order valence-electron chi connectivity index (χ3n) is 3.25. The third-order valence-corrected chi connectivity index (χ3v) is 3.94. The summed E-state index contributed by atoms with van der Waals surface area (Å²) in [7, 11) is 0. The van der Waals surface area contributed by atoms with E-state index in [4.69, 9.17) is 4.74 Å². The second-order valence-electron chi connectivity index (χ2n) is 5.08. The number of carbonyl (C=O) groups is 2. The predicted octanol–water partition coefficient (Wildman–Crippen LogP) is 2.43. The van der Waals surface area contributed by atoms with Gasteiger partial charge in [-0.15, -0.1) is 0 Å². The minimum absolute atomic E-state index is 0.0606. The number of phenols is 1. The van der Waals surface area contributed by atoms with Crippen LogP contribution in [0.1, 0.15) is 22.8 Å². The van der Waals surface area contributed by atoms with Crippen LogP contribution >= 0.6 is 15.9 Å². The van der Waals surface area contributed by atoms with Crippen LogP contribution in [-0.4, -0.2) is 36.3 Å². The van der Waals surface area contributed by atoms with Crippen molar-refractivity contribution in [3.05, 3.63) is 58.1 Å². The fraction of sp³-hybridized carbons (Fsp3) is 0.167. The van der Waals surface area contributed by atoms with Gasteiger partial charge in [0.25, 0.3) is 11.8 Å². The highest BCUT2D eigenvalue weighted by atomic mass is 79.9. The van der Waals surface area contributed by atoms with Crippen LogP contribution in [0.4, 0.5) is 0 Å². The molecule has 0 aromatic heterocycles. The lowest BCUT2D eigenvalue weighted by Crippen LogP contribution is -2.35. The number of nitrogens with one attached hydrogen (secondary N) is 2. The molecule has 0 unspecified atom stereocenters. The molecule has 2 aromatic carbocycles. The number of hydrogen-bond acceptors (Lipinski definition) is 5. The molecule has 0 saturated carbocycles. The lowest BCUT2D eigenvalue weighted by atomic mass is 10.2. The van der Waals surface area contributed by atoms with Gasteiger partial charge in [-0.3, -0.25) is 9.59 Å². The molecule has 136 valence electrons. The number of amides is 2. The van der Waals surface area contributed by atoms with Crippen LogP contribution in [0.3, 0.4) is 0 Å². The number of phenolic OH excluding ortho intramolecular Hbond substituents is 1. The fourth-order valence-electron chi connectivity index (χ4n) is 2.03. The third kappa shape index (κ3) is 5.32. The van der Waals surface area contributed by atoms with E-state index in [-0.39, 0.29) is 18.2 Å². The van der Waals surface area contributed by atoms with Crippen molar-refractivity contribution in [1.29, 1.82) is 0 Å². The second kappa shape index (κ2) is 9.57. The topological polar surface area (TPSA) is 100 Å². The first-order valence-electron chi connectivity index (χ1n) is 7.82. The minimum atomic E-state index is -0.498. The van der Waals surface area contributed by atoms with Crippen LogP contribution in [-0.2, 0) is 4.79 Å². The van der Waals surface area contributed by atoms with Gasteiger partial charge in [-0.2, -0.15) is 5.10 Å². The summed E-state index contributed by atoms with van der Waals surface area (Å²) in [6.45, 7) is 1.99. The Morgan fingerprint density at radius 1 is 1.23 bits per heavy atom. The Hall–Kier alpha value is -2.87. The van der Waals surface area contributed by atoms with E-state index < -0.39 is 5.91 Å². The Morgan fingerprint density at radius 2 is 2.00 bits per heavy atom. The Morgan fingerprint density at radius 3 is 2.73 bits per heavy atom. The van der Waals surface area contributed by atoms with E-state index >= 15 is 0 Å². The number of hydrazone groups is 1. The second-order valence-corrected chi connectivity index (χ2v) is 5.94. The highest BCUT2D eigenvalue weighted by Crippen LogP contribution is 2.28. The van der Waals surface area contributed by atoms with Crippen LogP contribution in [0.25, 0.3) is 0 Å². The van der Waals surface area contributed by atoms with Gasteiger partial charge in [-0.1, -0.05) is 18.2 Å². The summed E-state index contributed by atoms with van der Waals surface area (Å²) >= 11 is 3.28. The fourth-order valence-corrected chi connectivity index (χ4v) is 2.49. The molecular weight excluding hydrogens is 402 g/mol. The van der Waals surface area contributed by atoms with Crippen LogP contribution in [0.2, 0.25) is 0 Å². The first kappa shape index (κ1) is 19.5. The molecule has 2 rings (SSSR count). The molecule has 7 nitrogen and oxygen atoms in total. The highest BCUT2D eigenvalue weighted by molar-refractivity contribution is 9.10. The molecule has 3 N–H and O–H groups in total. The smallest absolute Gasteiger partial charge is 0.259 e. The largest absolute Gasteiger partial charge is 0.504 e. The average molecular weight is 420 g/mol. The molecular formula is C18H18BrN3O4. The van der Waals surface area contributed by atoms with Gasteiger partial charge in [-0.05, 0) is 47.1 Å². The van der Waals surface area contributed by atoms with E-state index in [1.54, 1.807) is 42.5 Å². The maximum atomic E-state index is 12.0. The van der Waals surface area contributed by atoms with Gasteiger partial charge in [0, 0.05) is 10.0 Å². The van der Waals surface area contributed by atoms with Crippen molar-refractivity contribution in [3.8, 4) is 11.5 Å². The van der Waals surface area contributed by atoms with E-state index in [2.05, 4.69) is 31.8 Å². The zero-order chi connectivity index (χ0) is 18.9. The number of carbonyl (C=O) groups excluding carboxylic acids is 2. The van der Waals surface area contributed by atoms with Crippen LogP contribution < -0.4 is 15.5 Å². The molecule has 0 aliphatic rings. The summed E-state index contributed by atoms with van der Waals surface area (Å²) in [4.78, 5) is 23.8. The Bertz CT molecular complexity index is 824. The average Bonchev–Trinajstić information content (AvgIpc) is 2.63. The number of ether oxygens (including phenoxy) is 1. The van der Waals surface area contributed by atoms with E-state index in [1.165, 1.54) is 6.21 Å². The van der Waals surface area contributed by atoms with Crippen molar-refractivity contribution >= 4 is 34.0 Å². The lowest BCUT2D eigenvalue weighted by Gasteiger charge is -2.07. The summed E-state index contributed by atoms with van der Waals surface area (Å²) in [6.07, 6.45) is 1.30. The van der Waals surface area contributed by atoms with Gasteiger partial charge in [0.1, 0.15) is 0 Å². The number of benzene rings is 2. The molecule has 0 aliphatic heterocycles. The van der Waals surface area contributed by atoms with Crippen molar-refractivity contribution in [2.24, 2.45) is 5.10 Å². The van der Waals surface area contributed by atoms with Crippen molar-refractivity contribution in [2.45, 2.75) is 6.92 Å². The zero-order valence-corrected chi connectivity index (χ0v) is 15.6. The molecule has 0 saturated heterocycles. The lowest BCUT2D eigenvalue weighted by molar-refractivity contribution is -0.120. The summed E-state index contributed by atoms with van der Waals surface area (Å²) in [5, 5.41) is 16.3. The predicted molar refractivity (Wildman–Crippen MR) is 101 cm³/mol. The molecule has 0 fully saturated rings. The number of hydrogen-bond donors (Lipinski definition) is 3. The molecule has 0 heterocycles. The Kier molecular flexibility index (Phi) is 7.16. The Labute approximate surface area is 159 Å². The Balaban J connectivity index is 1.87. The summed E-state index contributed by atoms with van der Waals surface area (Å²) in [6, 6.07) is 11.9. The SMILES string of the molecule is CCOc1cccc(C=NNC(=O)CNC(=O)c2ccccc2Br)c1O. The first-order valence-corrected chi connectivity index (χ1v) is 8.61. The summed E-state index contributed by atoms with van der Waals surface area (Å²) in [5.74, 6) is -0.598. The van der Waals surface area contributed by atoms with E-state index in [9.17, 15) is 14.7 Å². The van der Waals surface area contributed by atoms with Gasteiger partial charge in [0.2, 0.25) is 0 Å². The summed E-state index contributed by atoms with van der Waals surface area (Å²) < 4.78 is 5.91.